The molecule has 0 aliphatic heterocycles. The Bertz CT molecular complexity index is 587. The van der Waals surface area contributed by atoms with Gasteiger partial charge in [-0.3, -0.25) is 9.78 Å². The summed E-state index contributed by atoms with van der Waals surface area (Å²) in [5.74, 6) is -0.201. The molecule has 2 atom stereocenters. The van der Waals surface area contributed by atoms with Crippen LogP contribution in [0.15, 0.2) is 48.7 Å². The van der Waals surface area contributed by atoms with Gasteiger partial charge in [-0.1, -0.05) is 41.9 Å². The number of carbonyl (C=O) groups is 1. The summed E-state index contributed by atoms with van der Waals surface area (Å²) >= 11 is 5.81. The van der Waals surface area contributed by atoms with Crippen molar-refractivity contribution in [1.29, 1.82) is 0 Å². The van der Waals surface area contributed by atoms with Crippen LogP contribution in [0.5, 0.6) is 0 Å². The Balaban J connectivity index is 2.07. The van der Waals surface area contributed by atoms with Gasteiger partial charge in [-0.05, 0) is 24.6 Å². The highest BCUT2D eigenvalue weighted by Gasteiger charge is 2.22. The first-order valence-electron chi connectivity index (χ1n) is 6.61. The van der Waals surface area contributed by atoms with Crippen LogP contribution in [-0.2, 0) is 9.53 Å². The molecule has 0 spiro atoms. The minimum Gasteiger partial charge on any atom is -0.367 e. The number of benzene rings is 1. The molecule has 1 N–H and O–H groups in total. The van der Waals surface area contributed by atoms with E-state index in [1.54, 1.807) is 18.3 Å². The maximum Gasteiger partial charge on any atom is 0.254 e. The molecule has 2 rings (SSSR count). The van der Waals surface area contributed by atoms with Crippen LogP contribution >= 0.6 is 11.6 Å². The number of pyridine rings is 1. The molecule has 0 saturated carbocycles. The van der Waals surface area contributed by atoms with Gasteiger partial charge < -0.3 is 10.1 Å². The largest absolute Gasteiger partial charge is 0.367 e. The van der Waals surface area contributed by atoms with E-state index in [-0.39, 0.29) is 11.9 Å². The molecule has 110 valence electrons. The van der Waals surface area contributed by atoms with Gasteiger partial charge in [0.2, 0.25) is 0 Å². The number of amides is 1. The lowest BCUT2D eigenvalue weighted by Gasteiger charge is -2.19. The molecule has 4 nitrogen and oxygen atoms in total. The van der Waals surface area contributed by atoms with E-state index in [1.165, 1.54) is 7.11 Å². The molecule has 1 unspecified atom stereocenters. The van der Waals surface area contributed by atoms with Crippen LogP contribution in [0, 0.1) is 0 Å². The first-order chi connectivity index (χ1) is 10.1. The van der Waals surface area contributed by atoms with E-state index < -0.39 is 6.10 Å². The van der Waals surface area contributed by atoms with Crippen molar-refractivity contribution in [2.45, 2.75) is 19.1 Å². The summed E-state index contributed by atoms with van der Waals surface area (Å²) in [6, 6.07) is 12.7. The van der Waals surface area contributed by atoms with E-state index in [9.17, 15) is 4.79 Å². The zero-order chi connectivity index (χ0) is 15.2. The van der Waals surface area contributed by atoms with Crippen LogP contribution in [0.2, 0.25) is 5.02 Å². The molecule has 0 aliphatic carbocycles. The number of carbonyl (C=O) groups excluding carboxylic acids is 1. The van der Waals surface area contributed by atoms with Crippen LogP contribution in [-0.4, -0.2) is 18.0 Å². The number of ether oxygens (including phenoxy) is 1. The zero-order valence-electron chi connectivity index (χ0n) is 11.9. The van der Waals surface area contributed by atoms with E-state index in [4.69, 9.17) is 16.3 Å². The number of methoxy groups -OCH3 is 1. The quantitative estimate of drug-likeness (QED) is 0.922. The summed E-state index contributed by atoms with van der Waals surface area (Å²) in [6.07, 6.45) is 0.922. The normalized spacial score (nSPS) is 13.5. The molecule has 1 aromatic carbocycles. The third-order valence-electron chi connectivity index (χ3n) is 3.13. The van der Waals surface area contributed by atoms with E-state index in [2.05, 4.69) is 10.3 Å². The van der Waals surface area contributed by atoms with Crippen molar-refractivity contribution in [3.05, 3.63) is 64.9 Å². The SMILES string of the molecule is COC(C(=O)N[C@@H](C)c1ccc(Cl)cn1)c1ccccc1. The van der Waals surface area contributed by atoms with Crippen molar-refractivity contribution in [2.75, 3.05) is 7.11 Å². The Morgan fingerprint density at radius 2 is 1.95 bits per heavy atom. The topological polar surface area (TPSA) is 51.2 Å². The van der Waals surface area contributed by atoms with Gasteiger partial charge >= 0.3 is 0 Å². The number of nitrogens with one attached hydrogen (secondary N) is 1. The molecule has 1 aromatic heterocycles. The van der Waals surface area contributed by atoms with Gasteiger partial charge in [0.15, 0.2) is 6.10 Å². The standard InChI is InChI=1S/C16H17ClN2O2/c1-11(14-9-8-13(17)10-18-14)19-16(20)15(21-2)12-6-4-3-5-7-12/h3-11,15H,1-2H3,(H,19,20)/t11-,15?/m0/s1. The van der Waals surface area contributed by atoms with Crippen molar-refractivity contribution in [3.8, 4) is 0 Å². The van der Waals surface area contributed by atoms with E-state index in [0.29, 0.717) is 5.02 Å². The fourth-order valence-electron chi connectivity index (χ4n) is 2.03. The predicted molar refractivity (Wildman–Crippen MR) is 82.0 cm³/mol. The lowest BCUT2D eigenvalue weighted by atomic mass is 10.1. The lowest BCUT2D eigenvalue weighted by Crippen LogP contribution is -2.32. The smallest absolute Gasteiger partial charge is 0.254 e. The average Bonchev–Trinajstić information content (AvgIpc) is 2.49. The first-order valence-corrected chi connectivity index (χ1v) is 6.99. The highest BCUT2D eigenvalue weighted by Crippen LogP contribution is 2.19. The van der Waals surface area contributed by atoms with Crippen molar-refractivity contribution in [3.63, 3.8) is 0 Å². The van der Waals surface area contributed by atoms with Gasteiger partial charge in [0.1, 0.15) is 0 Å². The second kappa shape index (κ2) is 7.20. The fraction of sp³-hybridized carbons (Fsp3) is 0.250. The summed E-state index contributed by atoms with van der Waals surface area (Å²) in [4.78, 5) is 16.5. The van der Waals surface area contributed by atoms with Crippen LogP contribution in [0.3, 0.4) is 0 Å². The zero-order valence-corrected chi connectivity index (χ0v) is 12.7. The van der Waals surface area contributed by atoms with Crippen LogP contribution in [0.1, 0.15) is 30.3 Å². The van der Waals surface area contributed by atoms with Crippen molar-refractivity contribution in [2.24, 2.45) is 0 Å². The number of halogens is 1. The summed E-state index contributed by atoms with van der Waals surface area (Å²) in [5, 5.41) is 3.46. The molecule has 2 aromatic rings. The molecular weight excluding hydrogens is 288 g/mol. The summed E-state index contributed by atoms with van der Waals surface area (Å²) in [5.41, 5.74) is 1.56. The molecule has 0 radical (unpaired) electrons. The number of aromatic nitrogens is 1. The molecule has 0 fully saturated rings. The molecular formula is C16H17ClN2O2. The molecule has 1 amide bonds. The third-order valence-corrected chi connectivity index (χ3v) is 3.35. The molecule has 0 aliphatic rings. The number of nitrogens with zero attached hydrogens (tertiary/aromatic N) is 1. The summed E-state index contributed by atoms with van der Waals surface area (Å²) in [6.45, 7) is 1.87. The number of hydrogen-bond donors (Lipinski definition) is 1. The Kier molecular flexibility index (Phi) is 5.31. The minimum absolute atomic E-state index is 0.201. The van der Waals surface area contributed by atoms with Gasteiger partial charge in [-0.2, -0.15) is 0 Å². The Morgan fingerprint density at radius 1 is 1.24 bits per heavy atom. The van der Waals surface area contributed by atoms with Crippen LogP contribution < -0.4 is 5.32 Å². The number of rotatable bonds is 5. The fourth-order valence-corrected chi connectivity index (χ4v) is 2.14. The molecule has 0 saturated heterocycles. The maximum absolute atomic E-state index is 12.3. The average molecular weight is 305 g/mol. The maximum atomic E-state index is 12.3. The third kappa shape index (κ3) is 4.03. The molecule has 21 heavy (non-hydrogen) atoms. The number of hydrogen-bond acceptors (Lipinski definition) is 3. The lowest BCUT2D eigenvalue weighted by molar-refractivity contribution is -0.132. The highest BCUT2D eigenvalue weighted by atomic mass is 35.5. The summed E-state index contributed by atoms with van der Waals surface area (Å²) < 4.78 is 5.30. The van der Waals surface area contributed by atoms with E-state index in [0.717, 1.165) is 11.3 Å². The van der Waals surface area contributed by atoms with Gasteiger partial charge in [-0.25, -0.2) is 0 Å². The van der Waals surface area contributed by atoms with Crippen molar-refractivity contribution >= 4 is 17.5 Å². The van der Waals surface area contributed by atoms with Gasteiger partial charge in [0.05, 0.1) is 16.8 Å². The monoisotopic (exact) mass is 304 g/mol. The van der Waals surface area contributed by atoms with Crippen molar-refractivity contribution in [1.82, 2.24) is 10.3 Å². The minimum atomic E-state index is -0.638. The van der Waals surface area contributed by atoms with Gasteiger partial charge in [0.25, 0.3) is 5.91 Å². The Labute approximate surface area is 129 Å². The van der Waals surface area contributed by atoms with Gasteiger partial charge in [-0.15, -0.1) is 0 Å². The second-order valence-electron chi connectivity index (χ2n) is 4.66. The van der Waals surface area contributed by atoms with E-state index in [1.807, 2.05) is 37.3 Å². The molecule has 5 heteroatoms. The van der Waals surface area contributed by atoms with Crippen LogP contribution in [0.4, 0.5) is 0 Å². The van der Waals surface area contributed by atoms with Gasteiger partial charge in [0, 0.05) is 13.3 Å². The van der Waals surface area contributed by atoms with Crippen LogP contribution in [0.25, 0.3) is 0 Å². The molecule has 0 bridgehead atoms. The second-order valence-corrected chi connectivity index (χ2v) is 5.09. The Morgan fingerprint density at radius 3 is 2.52 bits per heavy atom. The highest BCUT2D eigenvalue weighted by molar-refractivity contribution is 6.30. The predicted octanol–water partition coefficient (Wildman–Crippen LogP) is 3.30. The first kappa shape index (κ1) is 15.5. The summed E-state index contributed by atoms with van der Waals surface area (Å²) in [7, 11) is 1.52. The molecule has 1 heterocycles. The van der Waals surface area contributed by atoms with E-state index >= 15 is 0 Å². The Hall–Kier alpha value is -1.91. The van der Waals surface area contributed by atoms with Crippen molar-refractivity contribution < 1.29 is 9.53 Å².